The van der Waals surface area contributed by atoms with Gasteiger partial charge in [-0.2, -0.15) is 0 Å². The van der Waals surface area contributed by atoms with Gasteiger partial charge in [0.2, 0.25) is 0 Å². The standard InChI is InChI=1S/C25H46O3Si/c1-17(2)29(18(3)4,19(5)6)26-16-21(8)22-11-10-20(7)23-12-13-24(9)14-15-25(22,23)28-27-24/h14-15,17-23H,10-13,16H2,1-9H3/t20-,21+,22+,23+,24+,25-/m1/s1. The minimum Gasteiger partial charge on any atom is -0.416 e. The van der Waals surface area contributed by atoms with E-state index >= 15 is 0 Å². The van der Waals surface area contributed by atoms with Gasteiger partial charge in [0, 0.05) is 6.61 Å². The van der Waals surface area contributed by atoms with Gasteiger partial charge in [0.25, 0.3) is 0 Å². The highest BCUT2D eigenvalue weighted by molar-refractivity contribution is 6.77. The second-order valence-electron chi connectivity index (χ2n) is 11.6. The fourth-order valence-electron chi connectivity index (χ4n) is 7.19. The molecule has 0 aromatic heterocycles. The minimum atomic E-state index is -1.85. The van der Waals surface area contributed by atoms with Gasteiger partial charge in [0.15, 0.2) is 8.32 Å². The predicted octanol–water partition coefficient (Wildman–Crippen LogP) is 7.29. The summed E-state index contributed by atoms with van der Waals surface area (Å²) in [6.07, 6.45) is 9.43. The molecular weight excluding hydrogens is 376 g/mol. The molecule has 29 heavy (non-hydrogen) atoms. The molecule has 0 unspecified atom stereocenters. The van der Waals surface area contributed by atoms with Gasteiger partial charge >= 0.3 is 0 Å². The molecule has 4 heteroatoms. The Labute approximate surface area is 181 Å². The van der Waals surface area contributed by atoms with E-state index < -0.39 is 8.32 Å². The Hall–Kier alpha value is -0.163. The molecule has 1 saturated carbocycles. The van der Waals surface area contributed by atoms with Gasteiger partial charge in [-0.3, -0.25) is 0 Å². The Kier molecular flexibility index (Phi) is 6.81. The van der Waals surface area contributed by atoms with E-state index in [1.54, 1.807) is 0 Å². The smallest absolute Gasteiger partial charge is 0.200 e. The van der Waals surface area contributed by atoms with Crippen molar-refractivity contribution in [3.63, 3.8) is 0 Å². The second-order valence-corrected chi connectivity index (χ2v) is 17.0. The first-order chi connectivity index (χ1) is 13.5. The molecule has 2 heterocycles. The molecule has 0 aromatic carbocycles. The second kappa shape index (κ2) is 8.41. The summed E-state index contributed by atoms with van der Waals surface area (Å²) in [6, 6.07) is 0. The van der Waals surface area contributed by atoms with Gasteiger partial charge in [0.05, 0.1) is 0 Å². The molecule has 1 saturated heterocycles. The molecule has 1 spiro atoms. The zero-order chi connectivity index (χ0) is 21.6. The Morgan fingerprint density at radius 3 is 2.07 bits per heavy atom. The fourth-order valence-corrected chi connectivity index (χ4v) is 12.7. The lowest BCUT2D eigenvalue weighted by Crippen LogP contribution is -2.56. The van der Waals surface area contributed by atoms with E-state index in [-0.39, 0.29) is 11.2 Å². The Bertz CT molecular complexity index is 579. The van der Waals surface area contributed by atoms with Gasteiger partial charge in [0.1, 0.15) is 11.2 Å². The summed E-state index contributed by atoms with van der Waals surface area (Å²) >= 11 is 0. The van der Waals surface area contributed by atoms with Gasteiger partial charge in [-0.15, -0.1) is 0 Å². The molecule has 0 radical (unpaired) electrons. The van der Waals surface area contributed by atoms with E-state index in [0.29, 0.717) is 40.3 Å². The van der Waals surface area contributed by atoms with E-state index in [1.807, 2.05) is 0 Å². The highest BCUT2D eigenvalue weighted by Gasteiger charge is 2.57. The summed E-state index contributed by atoms with van der Waals surface area (Å²) in [5, 5.41) is 0. The molecule has 3 nitrogen and oxygen atoms in total. The number of hydrogen-bond donors (Lipinski definition) is 0. The van der Waals surface area contributed by atoms with Crippen molar-refractivity contribution < 1.29 is 14.2 Å². The predicted molar refractivity (Wildman–Crippen MR) is 123 cm³/mol. The maximum Gasteiger partial charge on any atom is 0.200 e. The zero-order valence-corrected chi connectivity index (χ0v) is 21.5. The van der Waals surface area contributed by atoms with Crippen molar-refractivity contribution in [1.82, 2.24) is 0 Å². The first-order valence-corrected chi connectivity index (χ1v) is 14.3. The maximum atomic E-state index is 7.01. The van der Waals surface area contributed by atoms with E-state index in [0.717, 1.165) is 13.0 Å². The van der Waals surface area contributed by atoms with Crippen molar-refractivity contribution >= 4 is 8.32 Å². The van der Waals surface area contributed by atoms with Crippen LogP contribution in [-0.2, 0) is 14.2 Å². The molecule has 2 aliphatic heterocycles. The largest absolute Gasteiger partial charge is 0.416 e. The van der Waals surface area contributed by atoms with Crippen LogP contribution in [0.1, 0.15) is 88.0 Å². The van der Waals surface area contributed by atoms with Crippen molar-refractivity contribution in [2.75, 3.05) is 6.61 Å². The summed E-state index contributed by atoms with van der Waals surface area (Å²) in [5.41, 5.74) is 1.36. The van der Waals surface area contributed by atoms with E-state index in [1.165, 1.54) is 19.3 Å². The monoisotopic (exact) mass is 422 g/mol. The van der Waals surface area contributed by atoms with Crippen molar-refractivity contribution in [3.05, 3.63) is 12.2 Å². The van der Waals surface area contributed by atoms with Crippen LogP contribution in [0.15, 0.2) is 12.2 Å². The van der Waals surface area contributed by atoms with Crippen LogP contribution < -0.4 is 0 Å². The molecule has 168 valence electrons. The number of hydrogen-bond acceptors (Lipinski definition) is 3. The maximum absolute atomic E-state index is 7.01. The van der Waals surface area contributed by atoms with Crippen molar-refractivity contribution in [3.8, 4) is 0 Å². The summed E-state index contributed by atoms with van der Waals surface area (Å²) < 4.78 is 7.01. The van der Waals surface area contributed by atoms with Crippen LogP contribution in [0.4, 0.5) is 0 Å². The number of fused-ring (bicyclic) bond motifs is 2. The highest BCUT2D eigenvalue weighted by atomic mass is 28.4. The lowest BCUT2D eigenvalue weighted by atomic mass is 9.60. The SMILES string of the molecule is CC(C)[Si](OC[C@H](C)[C@@H]1CC[C@@H](C)[C@@H]2CC[C@@]3(C)C=C[C@]21OO3)(C(C)C)C(C)C. The van der Waals surface area contributed by atoms with E-state index in [9.17, 15) is 0 Å². The third-order valence-electron chi connectivity index (χ3n) is 8.79. The summed E-state index contributed by atoms with van der Waals surface area (Å²) in [6.45, 7) is 22.1. The van der Waals surface area contributed by atoms with Gasteiger partial charge in [-0.25, -0.2) is 9.78 Å². The number of rotatable bonds is 7. The van der Waals surface area contributed by atoms with Gasteiger partial charge in [-0.05, 0) is 72.9 Å². The molecular formula is C25H46O3Si. The van der Waals surface area contributed by atoms with Crippen molar-refractivity contribution in [2.45, 2.75) is 116 Å². The zero-order valence-electron chi connectivity index (χ0n) is 20.5. The minimum absolute atomic E-state index is 0.248. The Balaban J connectivity index is 1.83. The van der Waals surface area contributed by atoms with Crippen LogP contribution in [0.25, 0.3) is 0 Å². The quantitative estimate of drug-likeness (QED) is 0.245. The summed E-state index contributed by atoms with van der Waals surface area (Å²) in [4.78, 5) is 12.4. The Morgan fingerprint density at radius 2 is 1.55 bits per heavy atom. The third kappa shape index (κ3) is 3.92. The molecule has 6 atom stereocenters. The molecule has 0 N–H and O–H groups in total. The highest BCUT2D eigenvalue weighted by Crippen LogP contribution is 2.55. The van der Waals surface area contributed by atoms with E-state index in [4.69, 9.17) is 14.2 Å². The first kappa shape index (κ1) is 23.5. The molecule has 2 aliphatic carbocycles. The first-order valence-electron chi connectivity index (χ1n) is 12.2. The van der Waals surface area contributed by atoms with Crippen molar-refractivity contribution in [2.24, 2.45) is 23.7 Å². The summed E-state index contributed by atoms with van der Waals surface area (Å²) in [7, 11) is -1.85. The molecule has 4 aliphatic rings. The van der Waals surface area contributed by atoms with Crippen LogP contribution >= 0.6 is 0 Å². The molecule has 0 aromatic rings. The van der Waals surface area contributed by atoms with Crippen molar-refractivity contribution in [1.29, 1.82) is 0 Å². The molecule has 2 fully saturated rings. The average molecular weight is 423 g/mol. The Morgan fingerprint density at radius 1 is 0.931 bits per heavy atom. The van der Waals surface area contributed by atoms with Crippen LogP contribution in [0.3, 0.4) is 0 Å². The third-order valence-corrected chi connectivity index (χ3v) is 14.9. The normalized spacial score (nSPS) is 38.6. The van der Waals surface area contributed by atoms with Gasteiger partial charge in [-0.1, -0.05) is 67.5 Å². The van der Waals surface area contributed by atoms with Crippen LogP contribution in [0.2, 0.25) is 16.6 Å². The van der Waals surface area contributed by atoms with Crippen LogP contribution in [-0.4, -0.2) is 26.1 Å². The molecule has 4 rings (SSSR count). The van der Waals surface area contributed by atoms with Crippen LogP contribution in [0, 0.1) is 23.7 Å². The summed E-state index contributed by atoms with van der Waals surface area (Å²) in [5.74, 6) is 2.15. The van der Waals surface area contributed by atoms with Crippen LogP contribution in [0.5, 0.6) is 0 Å². The average Bonchev–Trinajstić information content (AvgIpc) is 2.88. The topological polar surface area (TPSA) is 27.7 Å². The van der Waals surface area contributed by atoms with E-state index in [2.05, 4.69) is 74.5 Å². The lowest BCUT2D eigenvalue weighted by molar-refractivity contribution is -0.414. The molecule has 2 bridgehead atoms. The lowest BCUT2D eigenvalue weighted by Gasteiger charge is -2.52. The fraction of sp³-hybridized carbons (Fsp3) is 0.920. The molecule has 0 amide bonds. The van der Waals surface area contributed by atoms with Gasteiger partial charge < -0.3 is 4.43 Å².